The van der Waals surface area contributed by atoms with Crippen LogP contribution >= 0.6 is 15.9 Å². The zero-order chi connectivity index (χ0) is 13.7. The number of benzene rings is 1. The van der Waals surface area contributed by atoms with Gasteiger partial charge in [-0.1, -0.05) is 38.2 Å². The maximum absolute atomic E-state index is 13.2. The smallest absolute Gasteiger partial charge is 0.137 e. The molecule has 19 heavy (non-hydrogen) atoms. The van der Waals surface area contributed by atoms with Gasteiger partial charge in [0, 0.05) is 6.04 Å². The number of halogens is 2. The molecule has 2 rings (SSSR count). The van der Waals surface area contributed by atoms with Gasteiger partial charge in [-0.25, -0.2) is 4.39 Å². The summed E-state index contributed by atoms with van der Waals surface area (Å²) in [6.07, 6.45) is 8.70. The molecule has 1 aromatic rings. The molecule has 1 unspecified atom stereocenters. The van der Waals surface area contributed by atoms with Crippen LogP contribution in [0.3, 0.4) is 0 Å². The number of rotatable bonds is 5. The first-order valence-electron chi connectivity index (χ1n) is 7.09. The van der Waals surface area contributed by atoms with Crippen molar-refractivity contribution < 1.29 is 4.39 Å². The van der Waals surface area contributed by atoms with Crippen molar-refractivity contribution in [2.75, 3.05) is 0 Å². The maximum Gasteiger partial charge on any atom is 0.137 e. The second-order valence-corrected chi connectivity index (χ2v) is 6.41. The number of nitrogens with two attached hydrogens (primary N) is 1. The van der Waals surface area contributed by atoms with Gasteiger partial charge in [0.25, 0.3) is 0 Å². The third-order valence-electron chi connectivity index (χ3n) is 4.04. The highest BCUT2D eigenvalue weighted by molar-refractivity contribution is 9.10. The molecule has 0 bridgehead atoms. The highest BCUT2D eigenvalue weighted by Gasteiger charge is 2.18. The second kappa shape index (κ2) is 7.36. The molecular weight excluding hydrogens is 307 g/mol. The lowest BCUT2D eigenvalue weighted by Crippen LogP contribution is -2.38. The topological polar surface area (TPSA) is 38.0 Å². The van der Waals surface area contributed by atoms with E-state index in [1.54, 1.807) is 0 Å². The van der Waals surface area contributed by atoms with Crippen molar-refractivity contribution in [3.8, 4) is 0 Å². The quantitative estimate of drug-likeness (QED) is 0.634. The Labute approximate surface area is 123 Å². The van der Waals surface area contributed by atoms with E-state index in [9.17, 15) is 4.39 Å². The van der Waals surface area contributed by atoms with Crippen molar-refractivity contribution in [3.63, 3.8) is 0 Å². The van der Waals surface area contributed by atoms with E-state index in [4.69, 9.17) is 5.84 Å². The first-order chi connectivity index (χ1) is 9.19. The molecule has 0 spiro atoms. The molecule has 3 N–H and O–H groups in total. The summed E-state index contributed by atoms with van der Waals surface area (Å²) in [5, 5.41) is 0. The summed E-state index contributed by atoms with van der Waals surface area (Å²) in [5.74, 6) is 6.25. The van der Waals surface area contributed by atoms with Gasteiger partial charge in [-0.15, -0.1) is 0 Å². The fourth-order valence-corrected chi connectivity index (χ4v) is 3.41. The summed E-state index contributed by atoms with van der Waals surface area (Å²) in [5.41, 5.74) is 4.04. The molecule has 0 saturated heterocycles. The van der Waals surface area contributed by atoms with E-state index in [2.05, 4.69) is 21.4 Å². The van der Waals surface area contributed by atoms with E-state index >= 15 is 0 Å². The lowest BCUT2D eigenvalue weighted by Gasteiger charge is -2.26. The van der Waals surface area contributed by atoms with Crippen LogP contribution in [-0.4, -0.2) is 6.04 Å². The standard InChI is InChI=1S/C15H22BrFN2/c16-14-10-12(6-7-15(14)17)9-13(19-18)8-11-4-2-1-3-5-11/h6-7,10-11,13,19H,1-5,8-9,18H2. The Bertz CT molecular complexity index is 405. The Balaban J connectivity index is 1.92. The van der Waals surface area contributed by atoms with Gasteiger partial charge in [-0.2, -0.15) is 0 Å². The molecule has 2 nitrogen and oxygen atoms in total. The number of nitrogens with one attached hydrogen (secondary N) is 1. The molecular formula is C15H22BrFN2. The van der Waals surface area contributed by atoms with Gasteiger partial charge >= 0.3 is 0 Å². The van der Waals surface area contributed by atoms with E-state index in [-0.39, 0.29) is 11.9 Å². The van der Waals surface area contributed by atoms with E-state index in [0.717, 1.165) is 24.3 Å². The molecule has 4 heteroatoms. The Morgan fingerprint density at radius 3 is 2.68 bits per heavy atom. The molecule has 0 amide bonds. The van der Waals surface area contributed by atoms with Gasteiger partial charge in [0.2, 0.25) is 0 Å². The minimum absolute atomic E-state index is 0.215. The van der Waals surface area contributed by atoms with Crippen LogP contribution in [0.25, 0.3) is 0 Å². The predicted molar refractivity (Wildman–Crippen MR) is 80.1 cm³/mol. The fraction of sp³-hybridized carbons (Fsp3) is 0.600. The van der Waals surface area contributed by atoms with E-state index in [1.165, 1.54) is 38.2 Å². The Hall–Kier alpha value is -0.450. The second-order valence-electron chi connectivity index (χ2n) is 5.56. The van der Waals surface area contributed by atoms with E-state index < -0.39 is 0 Å². The lowest BCUT2D eigenvalue weighted by atomic mass is 9.84. The first-order valence-corrected chi connectivity index (χ1v) is 7.88. The fourth-order valence-electron chi connectivity index (χ4n) is 2.99. The summed E-state index contributed by atoms with van der Waals surface area (Å²) in [7, 11) is 0. The van der Waals surface area contributed by atoms with E-state index in [0.29, 0.717) is 4.47 Å². The van der Waals surface area contributed by atoms with Crippen molar-refractivity contribution in [3.05, 3.63) is 34.1 Å². The molecule has 106 valence electrons. The van der Waals surface area contributed by atoms with Crippen molar-refractivity contribution in [1.82, 2.24) is 5.43 Å². The minimum Gasteiger partial charge on any atom is -0.271 e. The Morgan fingerprint density at radius 2 is 2.05 bits per heavy atom. The normalized spacial score (nSPS) is 18.5. The minimum atomic E-state index is -0.215. The average Bonchev–Trinajstić information content (AvgIpc) is 2.43. The molecule has 1 fully saturated rings. The predicted octanol–water partition coefficient (Wildman–Crippen LogP) is 3.93. The molecule has 1 atom stereocenters. The maximum atomic E-state index is 13.2. The first kappa shape index (κ1) is 14.9. The zero-order valence-corrected chi connectivity index (χ0v) is 12.8. The summed E-state index contributed by atoms with van der Waals surface area (Å²) < 4.78 is 13.7. The van der Waals surface area contributed by atoms with Crippen LogP contribution < -0.4 is 11.3 Å². The van der Waals surface area contributed by atoms with Crippen molar-refractivity contribution in [2.24, 2.45) is 11.8 Å². The van der Waals surface area contributed by atoms with Gasteiger partial charge in [-0.3, -0.25) is 11.3 Å². The average molecular weight is 329 g/mol. The lowest BCUT2D eigenvalue weighted by molar-refractivity contribution is 0.298. The summed E-state index contributed by atoms with van der Waals surface area (Å²) in [6, 6.07) is 5.47. The Kier molecular flexibility index (Phi) is 5.79. The largest absolute Gasteiger partial charge is 0.271 e. The third-order valence-corrected chi connectivity index (χ3v) is 4.65. The molecule has 1 aliphatic carbocycles. The van der Waals surface area contributed by atoms with Crippen molar-refractivity contribution >= 4 is 15.9 Å². The molecule has 0 radical (unpaired) electrons. The number of hydrazine groups is 1. The van der Waals surface area contributed by atoms with E-state index in [1.807, 2.05) is 12.1 Å². The van der Waals surface area contributed by atoms with Crippen LogP contribution in [-0.2, 0) is 6.42 Å². The van der Waals surface area contributed by atoms with Crippen LogP contribution in [0.5, 0.6) is 0 Å². The van der Waals surface area contributed by atoms with Gasteiger partial charge < -0.3 is 0 Å². The summed E-state index contributed by atoms with van der Waals surface area (Å²) in [6.45, 7) is 0. The van der Waals surface area contributed by atoms with Gasteiger partial charge in [0.15, 0.2) is 0 Å². The molecule has 1 saturated carbocycles. The monoisotopic (exact) mass is 328 g/mol. The van der Waals surface area contributed by atoms with Crippen LogP contribution in [0.15, 0.2) is 22.7 Å². The zero-order valence-electron chi connectivity index (χ0n) is 11.2. The number of hydrogen-bond acceptors (Lipinski definition) is 2. The molecule has 1 aliphatic rings. The molecule has 0 aliphatic heterocycles. The number of hydrogen-bond donors (Lipinski definition) is 2. The van der Waals surface area contributed by atoms with Crippen LogP contribution in [0.2, 0.25) is 0 Å². The summed E-state index contributed by atoms with van der Waals surface area (Å²) >= 11 is 3.23. The molecule has 1 aromatic carbocycles. The van der Waals surface area contributed by atoms with Gasteiger partial charge in [0.1, 0.15) is 5.82 Å². The highest BCUT2D eigenvalue weighted by atomic mass is 79.9. The van der Waals surface area contributed by atoms with Crippen LogP contribution in [0.4, 0.5) is 4.39 Å². The van der Waals surface area contributed by atoms with Crippen molar-refractivity contribution in [2.45, 2.75) is 51.0 Å². The van der Waals surface area contributed by atoms with Gasteiger partial charge in [-0.05, 0) is 52.4 Å². The molecule has 0 heterocycles. The molecule has 0 aromatic heterocycles. The van der Waals surface area contributed by atoms with Crippen LogP contribution in [0, 0.1) is 11.7 Å². The summed E-state index contributed by atoms with van der Waals surface area (Å²) in [4.78, 5) is 0. The SMILES string of the molecule is NNC(Cc1ccc(F)c(Br)c1)CC1CCCCC1. The highest BCUT2D eigenvalue weighted by Crippen LogP contribution is 2.28. The third kappa shape index (κ3) is 4.55. The Morgan fingerprint density at radius 1 is 1.32 bits per heavy atom. The van der Waals surface area contributed by atoms with Crippen molar-refractivity contribution in [1.29, 1.82) is 0 Å². The van der Waals surface area contributed by atoms with Crippen LogP contribution in [0.1, 0.15) is 44.1 Å². The van der Waals surface area contributed by atoms with Gasteiger partial charge in [0.05, 0.1) is 4.47 Å².